The number of amides is 1. The summed E-state index contributed by atoms with van der Waals surface area (Å²) in [6.45, 7) is 4.67. The molecule has 1 amide bonds. The third-order valence-electron chi connectivity index (χ3n) is 3.68. The number of rotatable bonds is 8. The second-order valence-electron chi connectivity index (χ2n) is 6.49. The van der Waals surface area contributed by atoms with Gasteiger partial charge in [-0.2, -0.15) is 5.10 Å². The van der Waals surface area contributed by atoms with Crippen molar-refractivity contribution in [2.75, 3.05) is 11.9 Å². The van der Waals surface area contributed by atoms with Crippen LogP contribution in [0.3, 0.4) is 0 Å². The number of para-hydroxylation sites is 1. The molecule has 0 aliphatic rings. The van der Waals surface area contributed by atoms with E-state index < -0.39 is 5.91 Å². The van der Waals surface area contributed by atoms with E-state index in [1.165, 1.54) is 28.2 Å². The second kappa shape index (κ2) is 9.23. The Kier molecular flexibility index (Phi) is 6.49. The molecule has 1 aromatic carbocycles. The van der Waals surface area contributed by atoms with E-state index in [-0.39, 0.29) is 24.4 Å². The van der Waals surface area contributed by atoms with Gasteiger partial charge in [-0.15, -0.1) is 10.2 Å². The summed E-state index contributed by atoms with van der Waals surface area (Å²) in [7, 11) is 0. The average Bonchev–Trinajstić information content (AvgIpc) is 3.10. The SMILES string of the molecule is CC(C)Cc1nnc(NC(=O)c2ccc(=O)n(CCOc3ccccc3)n2)s1. The first-order chi connectivity index (χ1) is 13.5. The normalized spacial score (nSPS) is 10.8. The lowest BCUT2D eigenvalue weighted by Gasteiger charge is -2.08. The Morgan fingerprint density at radius 2 is 1.96 bits per heavy atom. The molecule has 0 radical (unpaired) electrons. The van der Waals surface area contributed by atoms with Gasteiger partial charge in [-0.25, -0.2) is 4.68 Å². The van der Waals surface area contributed by atoms with E-state index in [9.17, 15) is 9.59 Å². The quantitative estimate of drug-likeness (QED) is 0.625. The lowest BCUT2D eigenvalue weighted by atomic mass is 10.1. The summed E-state index contributed by atoms with van der Waals surface area (Å²) in [6.07, 6.45) is 0.804. The zero-order valence-corrected chi connectivity index (χ0v) is 16.5. The molecular weight excluding hydrogens is 378 g/mol. The van der Waals surface area contributed by atoms with E-state index in [1.807, 2.05) is 30.3 Å². The Morgan fingerprint density at radius 3 is 2.71 bits per heavy atom. The molecule has 2 heterocycles. The maximum absolute atomic E-state index is 12.4. The van der Waals surface area contributed by atoms with Crippen molar-refractivity contribution in [2.45, 2.75) is 26.8 Å². The first-order valence-electron chi connectivity index (χ1n) is 8.91. The summed E-state index contributed by atoms with van der Waals surface area (Å²) in [4.78, 5) is 24.4. The molecule has 3 aromatic rings. The van der Waals surface area contributed by atoms with Crippen molar-refractivity contribution in [3.05, 3.63) is 63.5 Å². The lowest BCUT2D eigenvalue weighted by molar-refractivity contribution is 0.101. The smallest absolute Gasteiger partial charge is 0.277 e. The molecule has 0 bridgehead atoms. The third-order valence-corrected chi connectivity index (χ3v) is 4.55. The molecule has 8 nitrogen and oxygen atoms in total. The van der Waals surface area contributed by atoms with Gasteiger partial charge in [0.15, 0.2) is 0 Å². The van der Waals surface area contributed by atoms with Crippen LogP contribution in [0, 0.1) is 5.92 Å². The van der Waals surface area contributed by atoms with E-state index in [2.05, 4.69) is 34.5 Å². The highest BCUT2D eigenvalue weighted by Gasteiger charge is 2.13. The van der Waals surface area contributed by atoms with E-state index in [0.717, 1.165) is 11.4 Å². The maximum atomic E-state index is 12.4. The molecule has 0 unspecified atom stereocenters. The number of nitrogens with zero attached hydrogens (tertiary/aromatic N) is 4. The summed E-state index contributed by atoms with van der Waals surface area (Å²) in [5.41, 5.74) is -0.178. The molecule has 146 valence electrons. The highest BCUT2D eigenvalue weighted by atomic mass is 32.1. The number of anilines is 1. The number of carbonyl (C=O) groups is 1. The van der Waals surface area contributed by atoms with Crippen LogP contribution in [0.25, 0.3) is 0 Å². The summed E-state index contributed by atoms with van der Waals surface area (Å²) in [6, 6.07) is 12.0. The summed E-state index contributed by atoms with van der Waals surface area (Å²) in [5.74, 6) is 0.725. The van der Waals surface area contributed by atoms with Crippen LogP contribution in [0.1, 0.15) is 29.3 Å². The molecule has 1 N–H and O–H groups in total. The van der Waals surface area contributed by atoms with Crippen molar-refractivity contribution in [1.29, 1.82) is 0 Å². The van der Waals surface area contributed by atoms with Crippen LogP contribution >= 0.6 is 11.3 Å². The minimum absolute atomic E-state index is 0.125. The van der Waals surface area contributed by atoms with Gasteiger partial charge in [-0.1, -0.05) is 43.4 Å². The van der Waals surface area contributed by atoms with Crippen molar-refractivity contribution in [1.82, 2.24) is 20.0 Å². The predicted octanol–water partition coefficient (Wildman–Crippen LogP) is 2.62. The van der Waals surface area contributed by atoms with Gasteiger partial charge in [0.2, 0.25) is 5.13 Å². The molecule has 2 aromatic heterocycles. The third kappa shape index (κ3) is 5.46. The highest BCUT2D eigenvalue weighted by molar-refractivity contribution is 7.15. The Balaban J connectivity index is 1.62. The number of ether oxygens (including phenoxy) is 1. The summed E-state index contributed by atoms with van der Waals surface area (Å²) in [5, 5.41) is 16.1. The van der Waals surface area contributed by atoms with Crippen molar-refractivity contribution in [3.8, 4) is 5.75 Å². The van der Waals surface area contributed by atoms with Gasteiger partial charge in [0.1, 0.15) is 23.1 Å². The monoisotopic (exact) mass is 399 g/mol. The molecule has 0 aliphatic heterocycles. The standard InChI is InChI=1S/C19H21N5O3S/c1-13(2)12-16-21-22-19(28-16)20-18(26)15-8-9-17(25)24(23-15)10-11-27-14-6-4-3-5-7-14/h3-9,13H,10-12H2,1-2H3,(H,20,22,26). The van der Waals surface area contributed by atoms with E-state index in [1.54, 1.807) is 0 Å². The van der Waals surface area contributed by atoms with Gasteiger partial charge >= 0.3 is 0 Å². The average molecular weight is 399 g/mol. The molecule has 0 saturated heterocycles. The number of nitrogens with one attached hydrogen (secondary N) is 1. The predicted molar refractivity (Wildman–Crippen MR) is 107 cm³/mol. The molecule has 9 heteroatoms. The molecule has 3 rings (SSSR count). The fraction of sp³-hybridized carbons (Fsp3) is 0.316. The number of carbonyl (C=O) groups excluding carboxylic acids is 1. The fourth-order valence-electron chi connectivity index (χ4n) is 2.39. The number of hydrogen-bond donors (Lipinski definition) is 1. The first-order valence-corrected chi connectivity index (χ1v) is 9.72. The van der Waals surface area contributed by atoms with Crippen LogP contribution in [0.2, 0.25) is 0 Å². The van der Waals surface area contributed by atoms with E-state index in [0.29, 0.717) is 16.8 Å². The zero-order valence-electron chi connectivity index (χ0n) is 15.7. The highest BCUT2D eigenvalue weighted by Crippen LogP contribution is 2.18. The van der Waals surface area contributed by atoms with Crippen molar-refractivity contribution < 1.29 is 9.53 Å². The Morgan fingerprint density at radius 1 is 1.18 bits per heavy atom. The first kappa shape index (κ1) is 19.7. The van der Waals surface area contributed by atoms with Crippen LogP contribution in [0.15, 0.2) is 47.3 Å². The minimum Gasteiger partial charge on any atom is -0.492 e. The molecule has 0 saturated carbocycles. The van der Waals surface area contributed by atoms with Gasteiger partial charge in [0, 0.05) is 12.5 Å². The van der Waals surface area contributed by atoms with E-state index >= 15 is 0 Å². The fourth-order valence-corrected chi connectivity index (χ4v) is 3.34. The second-order valence-corrected chi connectivity index (χ2v) is 7.56. The maximum Gasteiger partial charge on any atom is 0.277 e. The topological polar surface area (TPSA) is 99.0 Å². The zero-order chi connectivity index (χ0) is 19.9. The number of aromatic nitrogens is 4. The summed E-state index contributed by atoms with van der Waals surface area (Å²) >= 11 is 1.33. The summed E-state index contributed by atoms with van der Waals surface area (Å²) < 4.78 is 6.79. The van der Waals surface area contributed by atoms with Crippen LogP contribution in [0.5, 0.6) is 5.75 Å². The Bertz CT molecular complexity index is 984. The van der Waals surface area contributed by atoms with Crippen LogP contribution < -0.4 is 15.6 Å². The van der Waals surface area contributed by atoms with E-state index in [4.69, 9.17) is 4.74 Å². The number of hydrogen-bond acceptors (Lipinski definition) is 7. The molecule has 0 fully saturated rings. The van der Waals surface area contributed by atoms with Crippen molar-refractivity contribution in [3.63, 3.8) is 0 Å². The number of benzene rings is 1. The van der Waals surface area contributed by atoms with Crippen LogP contribution in [-0.2, 0) is 13.0 Å². The van der Waals surface area contributed by atoms with Crippen LogP contribution in [0.4, 0.5) is 5.13 Å². The van der Waals surface area contributed by atoms with Crippen molar-refractivity contribution in [2.24, 2.45) is 5.92 Å². The Labute approximate surface area is 166 Å². The molecule has 0 atom stereocenters. The van der Waals surface area contributed by atoms with Gasteiger partial charge in [-0.3, -0.25) is 14.9 Å². The van der Waals surface area contributed by atoms with Gasteiger partial charge in [0.05, 0.1) is 6.54 Å². The van der Waals surface area contributed by atoms with Crippen molar-refractivity contribution >= 4 is 22.4 Å². The largest absolute Gasteiger partial charge is 0.492 e. The van der Waals surface area contributed by atoms with Gasteiger partial charge < -0.3 is 4.74 Å². The minimum atomic E-state index is -0.440. The van der Waals surface area contributed by atoms with Crippen LogP contribution in [-0.4, -0.2) is 32.5 Å². The molecule has 28 heavy (non-hydrogen) atoms. The van der Waals surface area contributed by atoms with Gasteiger partial charge in [-0.05, 0) is 24.1 Å². The molecule has 0 spiro atoms. The molecular formula is C19H21N5O3S. The molecule has 0 aliphatic carbocycles. The Hall–Kier alpha value is -3.07. The lowest BCUT2D eigenvalue weighted by Crippen LogP contribution is -2.28. The van der Waals surface area contributed by atoms with Gasteiger partial charge in [0.25, 0.3) is 11.5 Å².